The maximum Gasteiger partial charge on any atom is 0.411 e. The minimum atomic E-state index is -1.04. The Kier molecular flexibility index (Phi) is 3.58. The molecule has 0 unspecified atom stereocenters. The van der Waals surface area contributed by atoms with Gasteiger partial charge in [0.2, 0.25) is 0 Å². The molecule has 108 valence electrons. The van der Waals surface area contributed by atoms with Gasteiger partial charge < -0.3 is 4.74 Å². The van der Waals surface area contributed by atoms with Crippen molar-refractivity contribution in [2.24, 2.45) is 5.92 Å². The highest BCUT2D eigenvalue weighted by Crippen LogP contribution is 2.42. The van der Waals surface area contributed by atoms with Gasteiger partial charge in [-0.3, -0.25) is 9.69 Å². The SMILES string of the molecule is CC(=O)[C@@H]1[C@@H]2CC[C@@H]([C@H](F)C2)N1C(=O)OC(C)(C)C. The van der Waals surface area contributed by atoms with E-state index in [-0.39, 0.29) is 11.7 Å². The molecule has 0 spiro atoms. The fourth-order valence-electron chi connectivity index (χ4n) is 3.25. The van der Waals surface area contributed by atoms with E-state index >= 15 is 0 Å². The minimum Gasteiger partial charge on any atom is -0.444 e. The smallest absolute Gasteiger partial charge is 0.411 e. The van der Waals surface area contributed by atoms with E-state index in [0.717, 1.165) is 6.42 Å². The molecule has 0 aromatic heterocycles. The molecule has 3 rings (SSSR count). The number of carbonyl (C=O) groups excluding carboxylic acids is 2. The number of carbonyl (C=O) groups is 2. The number of halogens is 1. The molecular weight excluding hydrogens is 249 g/mol. The number of Topliss-reactive ketones (excluding diaryl/α,β-unsaturated/α-hetero) is 1. The van der Waals surface area contributed by atoms with Crippen molar-refractivity contribution in [3.63, 3.8) is 0 Å². The summed E-state index contributed by atoms with van der Waals surface area (Å²) < 4.78 is 19.3. The molecule has 1 aliphatic carbocycles. The second-order valence-corrected chi connectivity index (χ2v) is 6.60. The number of nitrogens with zero attached hydrogens (tertiary/aromatic N) is 1. The van der Waals surface area contributed by atoms with Crippen molar-refractivity contribution in [3.05, 3.63) is 0 Å². The van der Waals surface area contributed by atoms with Crippen LogP contribution in [0.2, 0.25) is 0 Å². The molecule has 3 fully saturated rings. The number of rotatable bonds is 1. The van der Waals surface area contributed by atoms with Crippen LogP contribution in [0.15, 0.2) is 0 Å². The molecule has 0 radical (unpaired) electrons. The molecule has 4 atom stereocenters. The Morgan fingerprint density at radius 2 is 1.89 bits per heavy atom. The van der Waals surface area contributed by atoms with Crippen LogP contribution >= 0.6 is 0 Å². The largest absolute Gasteiger partial charge is 0.444 e. The third kappa shape index (κ3) is 2.74. The Hall–Kier alpha value is -1.13. The lowest BCUT2D eigenvalue weighted by atomic mass is 9.72. The van der Waals surface area contributed by atoms with Gasteiger partial charge in [0.05, 0.1) is 12.1 Å². The normalized spacial score (nSPS) is 34.3. The Morgan fingerprint density at radius 1 is 1.26 bits per heavy atom. The van der Waals surface area contributed by atoms with E-state index in [0.29, 0.717) is 12.8 Å². The highest BCUT2D eigenvalue weighted by Gasteiger charge is 2.52. The fraction of sp³-hybridized carbons (Fsp3) is 0.857. The molecule has 0 N–H and O–H groups in total. The molecule has 1 amide bonds. The predicted octanol–water partition coefficient (Wildman–Crippen LogP) is 2.70. The van der Waals surface area contributed by atoms with Crippen molar-refractivity contribution in [1.82, 2.24) is 4.90 Å². The van der Waals surface area contributed by atoms with Gasteiger partial charge in [-0.1, -0.05) is 0 Å². The summed E-state index contributed by atoms with van der Waals surface area (Å²) in [4.78, 5) is 25.4. The third-order valence-corrected chi connectivity index (χ3v) is 3.90. The summed E-state index contributed by atoms with van der Waals surface area (Å²) in [7, 11) is 0. The van der Waals surface area contributed by atoms with Crippen LogP contribution in [0.3, 0.4) is 0 Å². The third-order valence-electron chi connectivity index (χ3n) is 3.90. The van der Waals surface area contributed by atoms with Gasteiger partial charge in [-0.25, -0.2) is 9.18 Å². The zero-order chi connectivity index (χ0) is 14.4. The maximum atomic E-state index is 14.0. The van der Waals surface area contributed by atoms with Gasteiger partial charge in [-0.05, 0) is 52.9 Å². The lowest BCUT2D eigenvalue weighted by Crippen LogP contribution is -2.64. The topological polar surface area (TPSA) is 46.6 Å². The second kappa shape index (κ2) is 4.76. The zero-order valence-corrected chi connectivity index (χ0v) is 12.0. The quantitative estimate of drug-likeness (QED) is 0.736. The van der Waals surface area contributed by atoms with Crippen LogP contribution in [0.5, 0.6) is 0 Å². The fourth-order valence-corrected chi connectivity index (χ4v) is 3.25. The Bertz CT molecular complexity index is 391. The summed E-state index contributed by atoms with van der Waals surface area (Å²) in [5, 5.41) is 0. The van der Waals surface area contributed by atoms with E-state index in [1.807, 2.05) is 0 Å². The molecule has 2 aliphatic heterocycles. The van der Waals surface area contributed by atoms with Crippen LogP contribution in [0, 0.1) is 5.92 Å². The first kappa shape index (κ1) is 14.3. The number of hydrogen-bond donors (Lipinski definition) is 0. The number of ether oxygens (including phenoxy) is 1. The van der Waals surface area contributed by atoms with Gasteiger partial charge in [-0.15, -0.1) is 0 Å². The number of fused-ring (bicyclic) bond motifs is 3. The molecule has 0 aromatic carbocycles. The second-order valence-electron chi connectivity index (χ2n) is 6.60. The summed E-state index contributed by atoms with van der Waals surface area (Å²) in [5.74, 6) is -0.141. The summed E-state index contributed by atoms with van der Waals surface area (Å²) in [6.45, 7) is 6.77. The van der Waals surface area contributed by atoms with E-state index in [4.69, 9.17) is 4.74 Å². The summed E-state index contributed by atoms with van der Waals surface area (Å²) in [6, 6.07) is -1.02. The predicted molar refractivity (Wildman–Crippen MR) is 68.6 cm³/mol. The number of piperidine rings is 2. The highest BCUT2D eigenvalue weighted by molar-refractivity contribution is 5.86. The van der Waals surface area contributed by atoms with E-state index in [1.54, 1.807) is 20.8 Å². The van der Waals surface area contributed by atoms with Crippen LogP contribution in [0.1, 0.15) is 47.0 Å². The van der Waals surface area contributed by atoms with Crippen molar-refractivity contribution >= 4 is 11.9 Å². The lowest BCUT2D eigenvalue weighted by Gasteiger charge is -2.51. The van der Waals surface area contributed by atoms with Gasteiger partial charge in [-0.2, -0.15) is 0 Å². The van der Waals surface area contributed by atoms with Crippen LogP contribution in [-0.4, -0.2) is 40.6 Å². The van der Waals surface area contributed by atoms with Crippen molar-refractivity contribution in [1.29, 1.82) is 0 Å². The number of ketones is 1. The molecule has 4 nitrogen and oxygen atoms in total. The number of hydrogen-bond acceptors (Lipinski definition) is 3. The summed E-state index contributed by atoms with van der Waals surface area (Å²) >= 11 is 0. The lowest BCUT2D eigenvalue weighted by molar-refractivity contribution is -0.134. The van der Waals surface area contributed by atoms with Gasteiger partial charge in [0, 0.05) is 0 Å². The molecule has 2 bridgehead atoms. The van der Waals surface area contributed by atoms with Crippen LogP contribution < -0.4 is 0 Å². The molecule has 5 heteroatoms. The van der Waals surface area contributed by atoms with Crippen LogP contribution in [0.25, 0.3) is 0 Å². The summed E-state index contributed by atoms with van der Waals surface area (Å²) in [5.41, 5.74) is -0.638. The maximum absolute atomic E-state index is 14.0. The van der Waals surface area contributed by atoms with Crippen molar-refractivity contribution < 1.29 is 18.7 Å². The van der Waals surface area contributed by atoms with Crippen LogP contribution in [0.4, 0.5) is 9.18 Å². The first-order valence-corrected chi connectivity index (χ1v) is 6.86. The molecule has 1 saturated carbocycles. The Labute approximate surface area is 113 Å². The minimum absolute atomic E-state index is 0.0648. The van der Waals surface area contributed by atoms with E-state index < -0.39 is 29.9 Å². The molecule has 19 heavy (non-hydrogen) atoms. The van der Waals surface area contributed by atoms with Crippen LogP contribution in [-0.2, 0) is 9.53 Å². The molecule has 0 aromatic rings. The zero-order valence-electron chi connectivity index (χ0n) is 12.0. The van der Waals surface area contributed by atoms with E-state index in [2.05, 4.69) is 0 Å². The monoisotopic (exact) mass is 271 g/mol. The Balaban J connectivity index is 2.24. The highest BCUT2D eigenvalue weighted by atomic mass is 19.1. The van der Waals surface area contributed by atoms with Crippen molar-refractivity contribution in [3.8, 4) is 0 Å². The molecular formula is C14H22FNO3. The Morgan fingerprint density at radius 3 is 2.37 bits per heavy atom. The van der Waals surface area contributed by atoms with Gasteiger partial charge in [0.25, 0.3) is 0 Å². The average Bonchev–Trinajstić information content (AvgIpc) is 2.25. The van der Waals surface area contributed by atoms with E-state index in [1.165, 1.54) is 11.8 Å². The number of amides is 1. The van der Waals surface area contributed by atoms with Gasteiger partial charge in [0.1, 0.15) is 11.8 Å². The standard InChI is InChI=1S/C14H22FNO3/c1-8(17)12-9-5-6-11(10(15)7-9)16(12)13(18)19-14(2,3)4/h9-12H,5-7H2,1-4H3/t9-,10-,11+,12-/m1/s1. The molecule has 3 aliphatic rings. The molecule has 2 heterocycles. The van der Waals surface area contributed by atoms with E-state index in [9.17, 15) is 14.0 Å². The molecule has 2 saturated heterocycles. The summed E-state index contributed by atoms with van der Waals surface area (Å²) in [6.07, 6.45) is 0.212. The van der Waals surface area contributed by atoms with Gasteiger partial charge in [0.15, 0.2) is 5.78 Å². The van der Waals surface area contributed by atoms with Crippen molar-refractivity contribution in [2.75, 3.05) is 0 Å². The first-order chi connectivity index (χ1) is 8.70. The first-order valence-electron chi connectivity index (χ1n) is 6.86. The van der Waals surface area contributed by atoms with Crippen molar-refractivity contribution in [2.45, 2.75) is 70.8 Å². The average molecular weight is 271 g/mol. The van der Waals surface area contributed by atoms with Gasteiger partial charge >= 0.3 is 6.09 Å². The number of alkyl halides is 1.